The largest absolute Gasteiger partial charge is 0.326 e. The van der Waals surface area contributed by atoms with Crippen molar-refractivity contribution >= 4 is 45.8 Å². The maximum absolute atomic E-state index is 11.7. The van der Waals surface area contributed by atoms with Crippen molar-refractivity contribution in [2.45, 2.75) is 12.5 Å². The van der Waals surface area contributed by atoms with Crippen LogP contribution in [-0.4, -0.2) is 23.5 Å². The molecule has 1 aliphatic heterocycles. The lowest BCUT2D eigenvalue weighted by molar-refractivity contribution is -0.117. The van der Waals surface area contributed by atoms with E-state index in [1.807, 2.05) is 0 Å². The zero-order chi connectivity index (χ0) is 11.0. The van der Waals surface area contributed by atoms with Crippen LogP contribution in [0.25, 0.3) is 0 Å². The molecule has 2 N–H and O–H groups in total. The van der Waals surface area contributed by atoms with Gasteiger partial charge in [-0.05, 0) is 22.6 Å². The van der Waals surface area contributed by atoms with Gasteiger partial charge in [-0.25, -0.2) is 0 Å². The molecule has 1 fully saturated rings. The molecule has 15 heavy (non-hydrogen) atoms. The predicted molar refractivity (Wildman–Crippen MR) is 66.9 cm³/mol. The molecule has 2 rings (SSSR count). The van der Waals surface area contributed by atoms with Crippen LogP contribution in [0.5, 0.6) is 0 Å². The Morgan fingerprint density at radius 3 is 2.87 bits per heavy atom. The Morgan fingerprint density at radius 1 is 1.60 bits per heavy atom. The van der Waals surface area contributed by atoms with E-state index in [1.54, 1.807) is 11.1 Å². The molecule has 1 aromatic rings. The van der Waals surface area contributed by atoms with Gasteiger partial charge in [0.05, 0.1) is 14.3 Å². The molecule has 1 amide bonds. The molecule has 0 saturated carbocycles. The number of anilines is 1. The Morgan fingerprint density at radius 2 is 2.33 bits per heavy atom. The Hall–Kier alpha value is -0.400. The lowest BCUT2D eigenvalue weighted by Crippen LogP contribution is -2.28. The van der Waals surface area contributed by atoms with Gasteiger partial charge in [0.1, 0.15) is 0 Å². The predicted octanol–water partition coefficient (Wildman–Crippen LogP) is 1.40. The summed E-state index contributed by atoms with van der Waals surface area (Å²) < 4.78 is 0.863. The number of aromatic nitrogens is 1. The van der Waals surface area contributed by atoms with Crippen LogP contribution < -0.4 is 10.6 Å². The number of hydrogen-bond donors (Lipinski definition) is 1. The first-order valence-electron chi connectivity index (χ1n) is 4.44. The normalized spacial score (nSPS) is 21.1. The molecule has 1 unspecified atom stereocenters. The highest BCUT2D eigenvalue weighted by Crippen LogP contribution is 2.32. The van der Waals surface area contributed by atoms with Crippen LogP contribution >= 0.6 is 34.2 Å². The maximum Gasteiger partial charge on any atom is 0.228 e. The minimum atomic E-state index is -0.0995. The molecular weight excluding hydrogens is 328 g/mol. The molecule has 4 nitrogen and oxygen atoms in total. The number of carbonyl (C=O) groups excluding carboxylic acids is 1. The SMILES string of the molecule is NC1CC(=O)N(c2c(Cl)cncc2I)C1. The van der Waals surface area contributed by atoms with E-state index in [2.05, 4.69) is 27.6 Å². The smallest absolute Gasteiger partial charge is 0.228 e. The average molecular weight is 338 g/mol. The molecule has 1 aliphatic rings. The van der Waals surface area contributed by atoms with Gasteiger partial charge < -0.3 is 10.6 Å². The summed E-state index contributed by atoms with van der Waals surface area (Å²) >= 11 is 8.13. The van der Waals surface area contributed by atoms with Gasteiger partial charge in [0.2, 0.25) is 5.91 Å². The third-order valence-corrected chi connectivity index (χ3v) is 3.32. The molecule has 0 radical (unpaired) electrons. The number of pyridine rings is 1. The summed E-state index contributed by atoms with van der Waals surface area (Å²) in [5.41, 5.74) is 6.46. The van der Waals surface area contributed by atoms with Gasteiger partial charge in [0.25, 0.3) is 0 Å². The second-order valence-electron chi connectivity index (χ2n) is 3.42. The van der Waals surface area contributed by atoms with Crippen LogP contribution in [0.2, 0.25) is 5.02 Å². The lowest BCUT2D eigenvalue weighted by Gasteiger charge is -2.18. The molecule has 2 heterocycles. The van der Waals surface area contributed by atoms with Gasteiger partial charge >= 0.3 is 0 Å². The average Bonchev–Trinajstić information content (AvgIpc) is 2.45. The van der Waals surface area contributed by atoms with E-state index in [9.17, 15) is 4.79 Å². The molecule has 1 aromatic heterocycles. The lowest BCUT2D eigenvalue weighted by atomic mass is 10.3. The van der Waals surface area contributed by atoms with Gasteiger partial charge in [-0.3, -0.25) is 9.78 Å². The molecule has 0 aliphatic carbocycles. The van der Waals surface area contributed by atoms with E-state index in [0.717, 1.165) is 9.26 Å². The molecule has 0 bridgehead atoms. The summed E-state index contributed by atoms with van der Waals surface area (Å²) in [4.78, 5) is 17.2. The van der Waals surface area contributed by atoms with Crippen molar-refractivity contribution in [1.29, 1.82) is 0 Å². The summed E-state index contributed by atoms with van der Waals surface area (Å²) in [6, 6.07) is -0.0995. The van der Waals surface area contributed by atoms with Gasteiger partial charge in [0.15, 0.2) is 0 Å². The number of amides is 1. The Bertz CT molecular complexity index is 392. The second-order valence-corrected chi connectivity index (χ2v) is 4.99. The fourth-order valence-electron chi connectivity index (χ4n) is 1.61. The highest BCUT2D eigenvalue weighted by atomic mass is 127. The van der Waals surface area contributed by atoms with Crippen molar-refractivity contribution in [3.05, 3.63) is 21.0 Å². The molecule has 0 spiro atoms. The van der Waals surface area contributed by atoms with Gasteiger partial charge in [-0.1, -0.05) is 11.6 Å². The molecule has 0 aromatic carbocycles. The van der Waals surface area contributed by atoms with Gasteiger partial charge in [-0.2, -0.15) is 0 Å². The van der Waals surface area contributed by atoms with E-state index in [4.69, 9.17) is 17.3 Å². The maximum atomic E-state index is 11.7. The van der Waals surface area contributed by atoms with E-state index < -0.39 is 0 Å². The van der Waals surface area contributed by atoms with E-state index >= 15 is 0 Å². The van der Waals surface area contributed by atoms with Crippen LogP contribution in [0.1, 0.15) is 6.42 Å². The molecule has 1 atom stereocenters. The van der Waals surface area contributed by atoms with Gasteiger partial charge in [-0.15, -0.1) is 0 Å². The number of carbonyl (C=O) groups is 1. The number of rotatable bonds is 1. The summed E-state index contributed by atoms with van der Waals surface area (Å²) in [5.74, 6) is 0.0218. The van der Waals surface area contributed by atoms with Crippen LogP contribution in [-0.2, 0) is 4.79 Å². The third kappa shape index (κ3) is 2.09. The molecular formula is C9H9ClIN3O. The number of nitrogens with two attached hydrogens (primary N) is 1. The fourth-order valence-corrected chi connectivity index (χ4v) is 2.78. The summed E-state index contributed by atoms with van der Waals surface area (Å²) in [6.07, 6.45) is 3.60. The highest BCUT2D eigenvalue weighted by molar-refractivity contribution is 14.1. The van der Waals surface area contributed by atoms with Crippen molar-refractivity contribution in [1.82, 2.24) is 4.98 Å². The van der Waals surface area contributed by atoms with E-state index in [1.165, 1.54) is 6.20 Å². The summed E-state index contributed by atoms with van der Waals surface area (Å²) in [5, 5.41) is 0.490. The first-order valence-corrected chi connectivity index (χ1v) is 5.90. The van der Waals surface area contributed by atoms with E-state index in [0.29, 0.717) is 18.0 Å². The van der Waals surface area contributed by atoms with Crippen molar-refractivity contribution in [2.75, 3.05) is 11.4 Å². The van der Waals surface area contributed by atoms with Crippen LogP contribution in [0, 0.1) is 3.57 Å². The minimum absolute atomic E-state index is 0.0218. The number of hydrogen-bond acceptors (Lipinski definition) is 3. The minimum Gasteiger partial charge on any atom is -0.326 e. The monoisotopic (exact) mass is 337 g/mol. The Kier molecular flexibility index (Phi) is 3.13. The van der Waals surface area contributed by atoms with Gasteiger partial charge in [0, 0.05) is 31.4 Å². The van der Waals surface area contributed by atoms with Crippen molar-refractivity contribution in [3.8, 4) is 0 Å². The standard InChI is InChI=1S/C9H9ClIN3O/c10-6-2-13-3-7(11)9(6)14-4-5(12)1-8(14)15/h2-3,5H,1,4,12H2. The first kappa shape index (κ1) is 11.1. The quantitative estimate of drug-likeness (QED) is 0.788. The molecule has 1 saturated heterocycles. The van der Waals surface area contributed by atoms with E-state index in [-0.39, 0.29) is 11.9 Å². The van der Waals surface area contributed by atoms with Crippen LogP contribution in [0.3, 0.4) is 0 Å². The fraction of sp³-hybridized carbons (Fsp3) is 0.333. The highest BCUT2D eigenvalue weighted by Gasteiger charge is 2.30. The number of halogens is 2. The zero-order valence-electron chi connectivity index (χ0n) is 7.78. The van der Waals surface area contributed by atoms with Crippen molar-refractivity contribution in [3.63, 3.8) is 0 Å². The molecule has 80 valence electrons. The van der Waals surface area contributed by atoms with Crippen LogP contribution in [0.15, 0.2) is 12.4 Å². The second kappa shape index (κ2) is 4.23. The summed E-state index contributed by atoms with van der Waals surface area (Å²) in [7, 11) is 0. The van der Waals surface area contributed by atoms with Crippen LogP contribution in [0.4, 0.5) is 5.69 Å². The summed E-state index contributed by atoms with van der Waals surface area (Å²) in [6.45, 7) is 0.526. The van der Waals surface area contributed by atoms with Crippen molar-refractivity contribution < 1.29 is 4.79 Å². The third-order valence-electron chi connectivity index (χ3n) is 2.25. The number of nitrogens with zero attached hydrogens (tertiary/aromatic N) is 2. The Labute approximate surface area is 106 Å². The zero-order valence-corrected chi connectivity index (χ0v) is 10.7. The van der Waals surface area contributed by atoms with Crippen molar-refractivity contribution in [2.24, 2.45) is 5.73 Å². The Balaban J connectivity index is 2.41. The topological polar surface area (TPSA) is 59.2 Å². The molecule has 6 heteroatoms. The first-order chi connectivity index (χ1) is 7.09.